The number of nitrogens with one attached hydrogen (secondary N) is 2. The van der Waals surface area contributed by atoms with Gasteiger partial charge in [0.1, 0.15) is 12.3 Å². The molecule has 0 radical (unpaired) electrons. The summed E-state index contributed by atoms with van der Waals surface area (Å²) in [5.41, 5.74) is 2.28. The molecule has 6 heteroatoms. The van der Waals surface area contributed by atoms with E-state index in [1.54, 1.807) is 12.4 Å². The monoisotopic (exact) mass is 345 g/mol. The first-order chi connectivity index (χ1) is 10.2. The zero-order chi connectivity index (χ0) is 14.7. The summed E-state index contributed by atoms with van der Waals surface area (Å²) < 4.78 is 6.05. The molecule has 3 rings (SSSR count). The maximum absolute atomic E-state index is 11.8. The largest absolute Gasteiger partial charge is 0.444 e. The third-order valence-electron chi connectivity index (χ3n) is 2.94. The van der Waals surface area contributed by atoms with Crippen LogP contribution in [-0.4, -0.2) is 16.1 Å². The van der Waals surface area contributed by atoms with Crippen LogP contribution in [0.15, 0.2) is 53.3 Å². The molecule has 0 spiro atoms. The molecule has 106 valence electrons. The maximum Gasteiger partial charge on any atom is 0.412 e. The minimum atomic E-state index is -0.508. The lowest BCUT2D eigenvalue weighted by atomic mass is 10.2. The van der Waals surface area contributed by atoms with E-state index in [4.69, 9.17) is 4.74 Å². The van der Waals surface area contributed by atoms with Crippen LogP contribution in [0.25, 0.3) is 11.0 Å². The van der Waals surface area contributed by atoms with Crippen molar-refractivity contribution in [1.82, 2.24) is 9.97 Å². The second kappa shape index (κ2) is 5.97. The highest BCUT2D eigenvalue weighted by Crippen LogP contribution is 2.24. The van der Waals surface area contributed by atoms with Crippen molar-refractivity contribution < 1.29 is 9.53 Å². The fraction of sp³-hybridized carbons (Fsp3) is 0.0667. The molecule has 1 aromatic carbocycles. The number of carbonyl (C=O) groups excluding carboxylic acids is 1. The van der Waals surface area contributed by atoms with Crippen LogP contribution in [0.1, 0.15) is 5.56 Å². The van der Waals surface area contributed by atoms with Crippen LogP contribution in [0.5, 0.6) is 0 Å². The van der Waals surface area contributed by atoms with E-state index < -0.39 is 6.09 Å². The highest BCUT2D eigenvalue weighted by Gasteiger charge is 2.07. The van der Waals surface area contributed by atoms with Crippen molar-refractivity contribution in [2.75, 3.05) is 5.32 Å². The second-order valence-electron chi connectivity index (χ2n) is 4.44. The molecule has 5 nitrogen and oxygen atoms in total. The third kappa shape index (κ3) is 3.22. The van der Waals surface area contributed by atoms with Gasteiger partial charge in [0.05, 0.1) is 11.9 Å². The summed E-state index contributed by atoms with van der Waals surface area (Å²) in [6, 6.07) is 11.3. The van der Waals surface area contributed by atoms with Crippen LogP contribution in [0.2, 0.25) is 0 Å². The normalized spacial score (nSPS) is 10.5. The number of pyridine rings is 1. The van der Waals surface area contributed by atoms with Crippen molar-refractivity contribution in [2.45, 2.75) is 6.61 Å². The van der Waals surface area contributed by atoms with E-state index in [9.17, 15) is 4.79 Å². The Bertz CT molecular complexity index is 771. The van der Waals surface area contributed by atoms with E-state index in [0.717, 1.165) is 21.1 Å². The average molecular weight is 346 g/mol. The minimum Gasteiger partial charge on any atom is -0.444 e. The fourth-order valence-electron chi connectivity index (χ4n) is 1.92. The predicted octanol–water partition coefficient (Wildman–Crippen LogP) is 4.07. The summed E-state index contributed by atoms with van der Waals surface area (Å²) in [5, 5.41) is 3.56. The number of aromatic nitrogens is 2. The van der Waals surface area contributed by atoms with Crippen molar-refractivity contribution in [3.8, 4) is 0 Å². The van der Waals surface area contributed by atoms with E-state index in [1.165, 1.54) is 0 Å². The van der Waals surface area contributed by atoms with Crippen LogP contribution < -0.4 is 5.32 Å². The Morgan fingerprint density at radius 2 is 2.14 bits per heavy atom. The topological polar surface area (TPSA) is 67.0 Å². The summed E-state index contributed by atoms with van der Waals surface area (Å²) in [6.45, 7) is 0.232. The number of benzene rings is 1. The van der Waals surface area contributed by atoms with Crippen molar-refractivity contribution >= 4 is 38.7 Å². The SMILES string of the molecule is O=C(Nc1cnc2[nH]cc(Br)c2c1)OCc1ccccc1. The number of carbonyl (C=O) groups is 1. The summed E-state index contributed by atoms with van der Waals surface area (Å²) in [6.07, 6.45) is 2.87. The van der Waals surface area contributed by atoms with Crippen LogP contribution in [0.3, 0.4) is 0 Å². The van der Waals surface area contributed by atoms with Crippen LogP contribution in [0.4, 0.5) is 10.5 Å². The number of hydrogen-bond donors (Lipinski definition) is 2. The molecule has 21 heavy (non-hydrogen) atoms. The van der Waals surface area contributed by atoms with Gasteiger partial charge in [-0.05, 0) is 27.6 Å². The maximum atomic E-state index is 11.8. The summed E-state index contributed by atoms with van der Waals surface area (Å²) >= 11 is 3.41. The van der Waals surface area contributed by atoms with Crippen molar-refractivity contribution in [3.63, 3.8) is 0 Å². The lowest BCUT2D eigenvalue weighted by Crippen LogP contribution is -2.13. The predicted molar refractivity (Wildman–Crippen MR) is 84.0 cm³/mol. The van der Waals surface area contributed by atoms with E-state index >= 15 is 0 Å². The van der Waals surface area contributed by atoms with Gasteiger partial charge in [0.25, 0.3) is 0 Å². The number of fused-ring (bicyclic) bond motifs is 1. The van der Waals surface area contributed by atoms with Gasteiger partial charge in [-0.2, -0.15) is 0 Å². The van der Waals surface area contributed by atoms with Gasteiger partial charge in [0, 0.05) is 16.1 Å². The number of rotatable bonds is 3. The number of hydrogen-bond acceptors (Lipinski definition) is 3. The molecule has 2 heterocycles. The smallest absolute Gasteiger partial charge is 0.412 e. The second-order valence-corrected chi connectivity index (χ2v) is 5.30. The molecule has 0 aliphatic carbocycles. The van der Waals surface area contributed by atoms with Crippen LogP contribution in [-0.2, 0) is 11.3 Å². The lowest BCUT2D eigenvalue weighted by Gasteiger charge is -2.07. The Kier molecular flexibility index (Phi) is 3.87. The van der Waals surface area contributed by atoms with E-state index in [-0.39, 0.29) is 6.61 Å². The minimum absolute atomic E-state index is 0.232. The number of H-pyrrole nitrogens is 1. The fourth-order valence-corrected chi connectivity index (χ4v) is 2.33. The van der Waals surface area contributed by atoms with Gasteiger partial charge in [-0.15, -0.1) is 0 Å². The van der Waals surface area contributed by atoms with Crippen LogP contribution >= 0.6 is 15.9 Å². The van der Waals surface area contributed by atoms with Crippen LogP contribution in [0, 0.1) is 0 Å². The zero-order valence-electron chi connectivity index (χ0n) is 11.0. The molecule has 3 aromatic rings. The molecule has 2 N–H and O–H groups in total. The first kappa shape index (κ1) is 13.6. The highest BCUT2D eigenvalue weighted by atomic mass is 79.9. The lowest BCUT2D eigenvalue weighted by molar-refractivity contribution is 0.155. The molecule has 0 atom stereocenters. The number of ether oxygens (including phenoxy) is 1. The number of amides is 1. The number of halogens is 1. The van der Waals surface area contributed by atoms with Gasteiger partial charge in [-0.1, -0.05) is 30.3 Å². The molecular formula is C15H12BrN3O2. The zero-order valence-corrected chi connectivity index (χ0v) is 12.6. The molecule has 0 aliphatic rings. The highest BCUT2D eigenvalue weighted by molar-refractivity contribution is 9.10. The van der Waals surface area contributed by atoms with Crippen molar-refractivity contribution in [3.05, 3.63) is 58.8 Å². The first-order valence-electron chi connectivity index (χ1n) is 6.33. The Labute approximate surface area is 129 Å². The van der Waals surface area contributed by atoms with E-state index in [0.29, 0.717) is 5.69 Å². The van der Waals surface area contributed by atoms with Gasteiger partial charge in [0.2, 0.25) is 0 Å². The number of aromatic amines is 1. The van der Waals surface area contributed by atoms with Crippen molar-refractivity contribution in [2.24, 2.45) is 0 Å². The van der Waals surface area contributed by atoms with E-state index in [2.05, 4.69) is 31.2 Å². The Hall–Kier alpha value is -2.34. The number of anilines is 1. The Morgan fingerprint density at radius 1 is 1.33 bits per heavy atom. The van der Waals surface area contributed by atoms with Crippen molar-refractivity contribution in [1.29, 1.82) is 0 Å². The van der Waals surface area contributed by atoms with Gasteiger partial charge in [-0.25, -0.2) is 9.78 Å². The summed E-state index contributed by atoms with van der Waals surface area (Å²) in [4.78, 5) is 19.0. The number of nitrogens with zero attached hydrogens (tertiary/aromatic N) is 1. The molecule has 2 aromatic heterocycles. The standard InChI is InChI=1S/C15H12BrN3O2/c16-13-8-18-14-12(13)6-11(7-17-14)19-15(20)21-9-10-4-2-1-3-5-10/h1-8H,9H2,(H,17,18)(H,19,20). The molecule has 0 fully saturated rings. The molecular weight excluding hydrogens is 334 g/mol. The quantitative estimate of drug-likeness (QED) is 0.751. The Morgan fingerprint density at radius 3 is 2.95 bits per heavy atom. The molecule has 0 saturated carbocycles. The van der Waals surface area contributed by atoms with Gasteiger partial charge >= 0.3 is 6.09 Å². The van der Waals surface area contributed by atoms with Gasteiger partial charge < -0.3 is 9.72 Å². The van der Waals surface area contributed by atoms with Gasteiger partial charge in [0.15, 0.2) is 0 Å². The first-order valence-corrected chi connectivity index (χ1v) is 7.12. The molecule has 0 aliphatic heterocycles. The molecule has 1 amide bonds. The average Bonchev–Trinajstić information content (AvgIpc) is 2.87. The van der Waals surface area contributed by atoms with E-state index in [1.807, 2.05) is 36.4 Å². The summed E-state index contributed by atoms with van der Waals surface area (Å²) in [5.74, 6) is 0. The summed E-state index contributed by atoms with van der Waals surface area (Å²) in [7, 11) is 0. The molecule has 0 bridgehead atoms. The Balaban J connectivity index is 1.64. The third-order valence-corrected chi connectivity index (χ3v) is 3.60. The molecule has 0 unspecified atom stereocenters. The molecule has 0 saturated heterocycles. The van der Waals surface area contributed by atoms with Gasteiger partial charge in [-0.3, -0.25) is 5.32 Å².